The number of methoxy groups -OCH3 is 2. The minimum Gasteiger partial charge on any atom is -0.507 e. The molecule has 1 saturated heterocycles. The second-order valence-corrected chi connectivity index (χ2v) is 8.63. The average molecular weight is 516 g/mol. The Morgan fingerprint density at radius 2 is 1.57 bits per heavy atom. The number of hydrogen-bond acceptors (Lipinski definition) is 5. The number of amides is 1. The molecule has 6 nitrogen and oxygen atoms in total. The van der Waals surface area contributed by atoms with E-state index in [0.29, 0.717) is 11.3 Å². The molecule has 1 amide bonds. The average Bonchev–Trinajstić information content (AvgIpc) is 3.10. The summed E-state index contributed by atoms with van der Waals surface area (Å²) in [6.07, 6.45) is 0. The monoisotopic (exact) mass is 515 g/mol. The molecule has 0 radical (unpaired) electrons. The van der Waals surface area contributed by atoms with Gasteiger partial charge in [0.15, 0.2) is 11.5 Å². The number of aliphatic hydroxyl groups is 1. The van der Waals surface area contributed by atoms with Gasteiger partial charge in [0, 0.05) is 5.69 Å². The van der Waals surface area contributed by atoms with Crippen LogP contribution in [-0.4, -0.2) is 31.0 Å². The van der Waals surface area contributed by atoms with Gasteiger partial charge in [-0.2, -0.15) is 0 Å². The Morgan fingerprint density at radius 3 is 2.14 bits per heavy atom. The van der Waals surface area contributed by atoms with Gasteiger partial charge in [0.1, 0.15) is 16.6 Å². The minimum atomic E-state index is -1.05. The molecule has 1 fully saturated rings. The molecule has 1 atom stereocenters. The van der Waals surface area contributed by atoms with E-state index in [1.54, 1.807) is 24.3 Å². The van der Waals surface area contributed by atoms with Crippen LogP contribution in [0.25, 0.3) is 5.76 Å². The summed E-state index contributed by atoms with van der Waals surface area (Å²) >= 11 is 12.7. The first-order chi connectivity index (χ1) is 16.7. The smallest absolute Gasteiger partial charge is 0.300 e. The Balaban J connectivity index is 2.01. The fourth-order valence-corrected chi connectivity index (χ4v) is 4.74. The maximum absolute atomic E-state index is 13.7. The zero-order valence-electron chi connectivity index (χ0n) is 18.9. The molecule has 0 bridgehead atoms. The van der Waals surface area contributed by atoms with Crippen molar-refractivity contribution in [3.05, 3.63) is 92.7 Å². The van der Waals surface area contributed by atoms with Crippen LogP contribution in [0, 0.1) is 12.7 Å². The second kappa shape index (κ2) is 9.60. The summed E-state index contributed by atoms with van der Waals surface area (Å²) in [5, 5.41) is 11.4. The molecule has 180 valence electrons. The number of ketones is 1. The first-order valence-corrected chi connectivity index (χ1v) is 11.2. The summed E-state index contributed by atoms with van der Waals surface area (Å²) in [5.74, 6) is -2.69. The summed E-state index contributed by atoms with van der Waals surface area (Å²) in [6.45, 7) is 1.89. The Labute approximate surface area is 211 Å². The van der Waals surface area contributed by atoms with Crippen LogP contribution >= 0.6 is 23.2 Å². The van der Waals surface area contributed by atoms with Gasteiger partial charge in [-0.05, 0) is 42.8 Å². The van der Waals surface area contributed by atoms with Crippen LogP contribution < -0.4 is 14.4 Å². The van der Waals surface area contributed by atoms with Gasteiger partial charge in [0.05, 0.1) is 36.4 Å². The summed E-state index contributed by atoms with van der Waals surface area (Å²) in [5.41, 5.74) is 1.58. The van der Waals surface area contributed by atoms with E-state index in [1.807, 2.05) is 6.92 Å². The first-order valence-electron chi connectivity index (χ1n) is 10.4. The lowest BCUT2D eigenvalue weighted by Gasteiger charge is -2.26. The molecule has 1 heterocycles. The van der Waals surface area contributed by atoms with Crippen LogP contribution in [0.3, 0.4) is 0 Å². The lowest BCUT2D eigenvalue weighted by atomic mass is 9.94. The number of halogens is 3. The van der Waals surface area contributed by atoms with Gasteiger partial charge in [0.2, 0.25) is 0 Å². The standard InChI is InChI=1S/C26H20Cl2FNO5/c1-13-4-10-16(11-5-13)30-21(14-6-8-15(29)9-7-14)19(23(32)26(30)33)22(31)17-12-18(27)25(35-3)20(28)24(17)34-2/h4-12,21,31H,1-3H3/b22-19+. The van der Waals surface area contributed by atoms with Crippen LogP contribution in [-0.2, 0) is 9.59 Å². The summed E-state index contributed by atoms with van der Waals surface area (Å²) in [4.78, 5) is 27.8. The van der Waals surface area contributed by atoms with Crippen molar-refractivity contribution >= 4 is 46.3 Å². The van der Waals surface area contributed by atoms with Crippen molar-refractivity contribution in [2.24, 2.45) is 0 Å². The lowest BCUT2D eigenvalue weighted by molar-refractivity contribution is -0.132. The Kier molecular flexibility index (Phi) is 6.74. The molecular weight excluding hydrogens is 496 g/mol. The van der Waals surface area contributed by atoms with Crippen LogP contribution in [0.2, 0.25) is 10.0 Å². The summed E-state index contributed by atoms with van der Waals surface area (Å²) < 4.78 is 24.3. The quantitative estimate of drug-likeness (QED) is 0.253. The third-order valence-electron chi connectivity index (χ3n) is 5.74. The van der Waals surface area contributed by atoms with Crippen molar-refractivity contribution in [2.45, 2.75) is 13.0 Å². The van der Waals surface area contributed by atoms with Gasteiger partial charge in [-0.15, -0.1) is 0 Å². The predicted molar refractivity (Wildman–Crippen MR) is 132 cm³/mol. The number of ether oxygens (including phenoxy) is 2. The van der Waals surface area contributed by atoms with Gasteiger partial charge in [-0.1, -0.05) is 53.0 Å². The maximum atomic E-state index is 13.7. The molecule has 1 aliphatic heterocycles. The van der Waals surface area contributed by atoms with Crippen LogP contribution in [0.5, 0.6) is 11.5 Å². The predicted octanol–water partition coefficient (Wildman–Crippen LogP) is 6.08. The van der Waals surface area contributed by atoms with Crippen LogP contribution in [0.1, 0.15) is 22.7 Å². The maximum Gasteiger partial charge on any atom is 0.300 e. The SMILES string of the molecule is COc1c(Cl)cc(/C(O)=C2\C(=O)C(=O)N(c3ccc(C)cc3)C2c2ccc(F)cc2)c(OC)c1Cl. The number of hydrogen-bond donors (Lipinski definition) is 1. The minimum absolute atomic E-state index is 0.00248. The second-order valence-electron chi connectivity index (χ2n) is 7.84. The molecule has 1 aliphatic rings. The topological polar surface area (TPSA) is 76.1 Å². The zero-order chi connectivity index (χ0) is 25.4. The Morgan fingerprint density at radius 1 is 0.971 bits per heavy atom. The van der Waals surface area contributed by atoms with Gasteiger partial charge >= 0.3 is 0 Å². The number of Topliss-reactive ketones (excluding diaryl/α,β-unsaturated/α-hetero) is 1. The third kappa shape index (κ3) is 4.22. The number of benzene rings is 3. The Bertz CT molecular complexity index is 1350. The van der Waals surface area contributed by atoms with Gasteiger partial charge in [-0.25, -0.2) is 4.39 Å². The molecule has 1 unspecified atom stereocenters. The lowest BCUT2D eigenvalue weighted by Crippen LogP contribution is -2.29. The van der Waals surface area contributed by atoms with E-state index in [2.05, 4.69) is 0 Å². The molecule has 35 heavy (non-hydrogen) atoms. The number of nitrogens with zero attached hydrogens (tertiary/aromatic N) is 1. The number of aryl methyl sites for hydroxylation is 1. The zero-order valence-corrected chi connectivity index (χ0v) is 20.4. The van der Waals surface area contributed by atoms with Crippen LogP contribution in [0.15, 0.2) is 60.2 Å². The number of rotatable bonds is 5. The van der Waals surface area contributed by atoms with E-state index in [9.17, 15) is 19.1 Å². The fourth-order valence-electron chi connectivity index (χ4n) is 4.06. The fraction of sp³-hybridized carbons (Fsp3) is 0.154. The van der Waals surface area contributed by atoms with Crippen molar-refractivity contribution in [3.63, 3.8) is 0 Å². The molecule has 4 rings (SSSR count). The van der Waals surface area contributed by atoms with Crippen molar-refractivity contribution in [1.82, 2.24) is 0 Å². The third-order valence-corrected chi connectivity index (χ3v) is 6.36. The van der Waals surface area contributed by atoms with Gasteiger partial charge < -0.3 is 14.6 Å². The summed E-state index contributed by atoms with van der Waals surface area (Å²) in [7, 11) is 2.70. The molecule has 3 aromatic carbocycles. The van der Waals surface area contributed by atoms with Crippen molar-refractivity contribution in [1.29, 1.82) is 0 Å². The van der Waals surface area contributed by atoms with E-state index in [0.717, 1.165) is 5.56 Å². The van der Waals surface area contributed by atoms with E-state index in [1.165, 1.54) is 49.5 Å². The Hall–Kier alpha value is -3.55. The molecule has 1 N–H and O–H groups in total. The molecule has 0 aliphatic carbocycles. The van der Waals surface area contributed by atoms with E-state index >= 15 is 0 Å². The number of carbonyl (C=O) groups is 2. The van der Waals surface area contributed by atoms with Gasteiger partial charge in [0.25, 0.3) is 11.7 Å². The highest BCUT2D eigenvalue weighted by Crippen LogP contribution is 2.48. The van der Waals surface area contributed by atoms with Crippen LogP contribution in [0.4, 0.5) is 10.1 Å². The van der Waals surface area contributed by atoms with Crippen molar-refractivity contribution < 1.29 is 28.6 Å². The number of carbonyl (C=O) groups excluding carboxylic acids is 2. The molecule has 3 aromatic rings. The van der Waals surface area contributed by atoms with E-state index in [4.69, 9.17) is 32.7 Å². The highest BCUT2D eigenvalue weighted by atomic mass is 35.5. The largest absolute Gasteiger partial charge is 0.507 e. The summed E-state index contributed by atoms with van der Waals surface area (Å²) in [6, 6.07) is 12.6. The van der Waals surface area contributed by atoms with Gasteiger partial charge in [-0.3, -0.25) is 14.5 Å². The van der Waals surface area contributed by atoms with E-state index < -0.39 is 29.3 Å². The van der Waals surface area contributed by atoms with Crippen molar-refractivity contribution in [2.75, 3.05) is 19.1 Å². The normalized spacial score (nSPS) is 17.1. The highest BCUT2D eigenvalue weighted by molar-refractivity contribution is 6.52. The first kappa shape index (κ1) is 24.6. The van der Waals surface area contributed by atoms with Crippen molar-refractivity contribution in [3.8, 4) is 11.5 Å². The molecule has 0 aromatic heterocycles. The number of aliphatic hydroxyl groups excluding tert-OH is 1. The van der Waals surface area contributed by atoms with E-state index in [-0.39, 0.29) is 32.7 Å². The molecule has 9 heteroatoms. The highest BCUT2D eigenvalue weighted by Gasteiger charge is 2.47. The molecular formula is C26H20Cl2FNO5. The molecule has 0 saturated carbocycles. The number of anilines is 1. The molecule has 0 spiro atoms.